The predicted molar refractivity (Wildman–Crippen MR) is 102 cm³/mol. The van der Waals surface area contributed by atoms with Gasteiger partial charge in [0.2, 0.25) is 0 Å². The number of rotatable bonds is 3. The van der Waals surface area contributed by atoms with Gasteiger partial charge < -0.3 is 9.84 Å². The quantitative estimate of drug-likeness (QED) is 0.570. The van der Waals surface area contributed by atoms with Crippen molar-refractivity contribution in [2.45, 2.75) is 0 Å². The van der Waals surface area contributed by atoms with Gasteiger partial charge in [-0.3, -0.25) is 9.78 Å². The average molecular weight is 379 g/mol. The van der Waals surface area contributed by atoms with E-state index in [1.807, 2.05) is 0 Å². The van der Waals surface area contributed by atoms with Crippen LogP contribution in [0.15, 0.2) is 64.2 Å². The zero-order valence-corrected chi connectivity index (χ0v) is 14.6. The highest BCUT2D eigenvalue weighted by atomic mass is 19.1. The minimum Gasteiger partial charge on any atom is -0.507 e. The maximum Gasteiger partial charge on any atom is 0.334 e. The molecule has 0 saturated carbocycles. The van der Waals surface area contributed by atoms with Crippen LogP contribution in [0.4, 0.5) is 4.39 Å². The first-order valence-electron chi connectivity index (χ1n) is 8.27. The highest BCUT2D eigenvalue weighted by Gasteiger charge is 2.14. The number of hydrogen-bond donors (Lipinski definition) is 2. The van der Waals surface area contributed by atoms with E-state index in [-0.39, 0.29) is 22.5 Å². The number of aromatic nitrogens is 3. The third kappa shape index (κ3) is 2.90. The van der Waals surface area contributed by atoms with Crippen molar-refractivity contribution in [3.63, 3.8) is 0 Å². The summed E-state index contributed by atoms with van der Waals surface area (Å²) >= 11 is 0. The average Bonchev–Trinajstić information content (AvgIpc) is 2.68. The van der Waals surface area contributed by atoms with Gasteiger partial charge in [0, 0.05) is 5.56 Å². The number of nitrogens with zero attached hydrogens (tertiary/aromatic N) is 2. The molecule has 0 unspecified atom stereocenters. The topological polar surface area (TPSA) is 97.2 Å². The van der Waals surface area contributed by atoms with Crippen LogP contribution in [0.1, 0.15) is 0 Å². The molecule has 28 heavy (non-hydrogen) atoms. The minimum absolute atomic E-state index is 0.0408. The summed E-state index contributed by atoms with van der Waals surface area (Å²) in [6, 6.07) is 13.1. The number of benzene rings is 2. The molecule has 4 rings (SSSR count). The number of methoxy groups -OCH3 is 1. The number of ether oxygens (including phenoxy) is 1. The Morgan fingerprint density at radius 2 is 1.93 bits per heavy atom. The van der Waals surface area contributed by atoms with Gasteiger partial charge in [-0.1, -0.05) is 6.07 Å². The Morgan fingerprint density at radius 3 is 2.68 bits per heavy atom. The first-order valence-corrected chi connectivity index (χ1v) is 8.27. The number of phenolic OH excluding ortho intramolecular Hbond substituents is 1. The van der Waals surface area contributed by atoms with Crippen LogP contribution >= 0.6 is 0 Å². The SMILES string of the molecule is COc1ccc(O)c(-c2ccc3c(=O)[nH]c(=O)n(-c4cccc(F)c4)c3n2)c1. The monoisotopic (exact) mass is 379 g/mol. The molecule has 0 aliphatic carbocycles. The van der Waals surface area contributed by atoms with E-state index >= 15 is 0 Å². The molecule has 140 valence electrons. The molecular formula is C20H14FN3O4. The molecule has 0 spiro atoms. The summed E-state index contributed by atoms with van der Waals surface area (Å²) in [5, 5.41) is 10.4. The number of aromatic amines is 1. The van der Waals surface area contributed by atoms with E-state index < -0.39 is 17.1 Å². The van der Waals surface area contributed by atoms with Crippen molar-refractivity contribution in [2.24, 2.45) is 0 Å². The molecule has 4 aromatic rings. The van der Waals surface area contributed by atoms with Crippen LogP contribution < -0.4 is 16.0 Å². The predicted octanol–water partition coefficient (Wildman–Crippen LogP) is 2.59. The second kappa shape index (κ2) is 6.66. The van der Waals surface area contributed by atoms with Crippen LogP contribution in [0, 0.1) is 5.82 Å². The fourth-order valence-electron chi connectivity index (χ4n) is 2.96. The fourth-order valence-corrected chi connectivity index (χ4v) is 2.96. The van der Waals surface area contributed by atoms with Crippen molar-refractivity contribution in [3.8, 4) is 28.4 Å². The second-order valence-electron chi connectivity index (χ2n) is 6.03. The molecule has 0 bridgehead atoms. The van der Waals surface area contributed by atoms with E-state index in [0.29, 0.717) is 17.0 Å². The lowest BCUT2D eigenvalue weighted by Gasteiger charge is -2.11. The van der Waals surface area contributed by atoms with Gasteiger partial charge >= 0.3 is 5.69 Å². The number of phenols is 1. The molecule has 2 aromatic carbocycles. The number of nitrogens with one attached hydrogen (secondary N) is 1. The Labute approximate surface area is 157 Å². The minimum atomic E-state index is -0.748. The molecular weight excluding hydrogens is 365 g/mol. The van der Waals surface area contributed by atoms with Crippen molar-refractivity contribution in [2.75, 3.05) is 7.11 Å². The maximum atomic E-state index is 13.7. The molecule has 0 aliphatic heterocycles. The van der Waals surface area contributed by atoms with Crippen molar-refractivity contribution < 1.29 is 14.2 Å². The van der Waals surface area contributed by atoms with Crippen LogP contribution in [0.2, 0.25) is 0 Å². The Balaban J connectivity index is 2.05. The number of hydrogen-bond acceptors (Lipinski definition) is 5. The summed E-state index contributed by atoms with van der Waals surface area (Å²) in [7, 11) is 1.49. The highest BCUT2D eigenvalue weighted by Crippen LogP contribution is 2.32. The van der Waals surface area contributed by atoms with Crippen LogP contribution in [0.25, 0.3) is 28.0 Å². The van der Waals surface area contributed by atoms with Gasteiger partial charge in [-0.15, -0.1) is 0 Å². The summed E-state index contributed by atoms with van der Waals surface area (Å²) in [5.41, 5.74) is -0.423. The number of H-pyrrole nitrogens is 1. The lowest BCUT2D eigenvalue weighted by atomic mass is 10.1. The Hall–Kier alpha value is -3.94. The van der Waals surface area contributed by atoms with E-state index in [1.165, 1.54) is 37.4 Å². The zero-order chi connectivity index (χ0) is 19.8. The first kappa shape index (κ1) is 17.5. The number of pyridine rings is 1. The third-order valence-electron chi connectivity index (χ3n) is 4.30. The summed E-state index contributed by atoms with van der Waals surface area (Å²) in [5.74, 6) is -0.0781. The van der Waals surface area contributed by atoms with Crippen LogP contribution in [0.3, 0.4) is 0 Å². The molecule has 0 radical (unpaired) electrons. The number of aromatic hydroxyl groups is 1. The normalized spacial score (nSPS) is 10.9. The van der Waals surface area contributed by atoms with Crippen LogP contribution in [-0.2, 0) is 0 Å². The molecule has 0 amide bonds. The van der Waals surface area contributed by atoms with E-state index in [9.17, 15) is 19.1 Å². The number of halogens is 1. The number of fused-ring (bicyclic) bond motifs is 1. The zero-order valence-electron chi connectivity index (χ0n) is 14.6. The first-order chi connectivity index (χ1) is 13.5. The maximum absolute atomic E-state index is 13.7. The molecule has 2 N–H and O–H groups in total. The third-order valence-corrected chi connectivity index (χ3v) is 4.30. The van der Waals surface area contributed by atoms with Gasteiger partial charge in [0.25, 0.3) is 5.56 Å². The second-order valence-corrected chi connectivity index (χ2v) is 6.03. The van der Waals surface area contributed by atoms with Crippen molar-refractivity contribution >= 4 is 11.0 Å². The molecule has 0 fully saturated rings. The van der Waals surface area contributed by atoms with E-state index in [4.69, 9.17) is 4.74 Å². The van der Waals surface area contributed by atoms with Gasteiger partial charge in [0.1, 0.15) is 17.3 Å². The standard InChI is InChI=1S/C20H14FN3O4/c1-28-13-5-8-17(25)15(10-13)16-7-6-14-18(22-16)24(20(27)23-19(14)26)12-4-2-3-11(21)9-12/h2-10,25H,1H3,(H,23,26,27). The van der Waals surface area contributed by atoms with Gasteiger partial charge in [0.05, 0.1) is 23.9 Å². The molecule has 0 atom stereocenters. The fraction of sp³-hybridized carbons (Fsp3) is 0.0500. The van der Waals surface area contributed by atoms with Gasteiger partial charge in [0.15, 0.2) is 5.65 Å². The lowest BCUT2D eigenvalue weighted by Crippen LogP contribution is -2.30. The molecule has 0 saturated heterocycles. The van der Waals surface area contributed by atoms with Crippen LogP contribution in [-0.4, -0.2) is 26.8 Å². The highest BCUT2D eigenvalue weighted by molar-refractivity contribution is 5.80. The summed E-state index contributed by atoms with van der Waals surface area (Å²) in [6.07, 6.45) is 0. The smallest absolute Gasteiger partial charge is 0.334 e. The van der Waals surface area contributed by atoms with Crippen LogP contribution in [0.5, 0.6) is 11.5 Å². The summed E-state index contributed by atoms with van der Waals surface area (Å²) < 4.78 is 20.0. The van der Waals surface area contributed by atoms with Crippen molar-refractivity contribution in [1.82, 2.24) is 14.5 Å². The lowest BCUT2D eigenvalue weighted by molar-refractivity contribution is 0.412. The van der Waals surface area contributed by atoms with E-state index in [2.05, 4.69) is 9.97 Å². The molecule has 7 nitrogen and oxygen atoms in total. The largest absolute Gasteiger partial charge is 0.507 e. The van der Waals surface area contributed by atoms with Crippen molar-refractivity contribution in [1.29, 1.82) is 0 Å². The molecule has 2 aromatic heterocycles. The molecule has 8 heteroatoms. The summed E-state index contributed by atoms with van der Waals surface area (Å²) in [4.78, 5) is 31.3. The molecule has 0 aliphatic rings. The van der Waals surface area contributed by atoms with Gasteiger partial charge in [-0.05, 0) is 48.5 Å². The van der Waals surface area contributed by atoms with E-state index in [0.717, 1.165) is 10.6 Å². The molecule has 2 heterocycles. The summed E-state index contributed by atoms with van der Waals surface area (Å²) in [6.45, 7) is 0. The Kier molecular flexibility index (Phi) is 4.15. The van der Waals surface area contributed by atoms with E-state index in [1.54, 1.807) is 18.2 Å². The Morgan fingerprint density at radius 1 is 1.11 bits per heavy atom. The van der Waals surface area contributed by atoms with Gasteiger partial charge in [-0.25, -0.2) is 18.7 Å². The van der Waals surface area contributed by atoms with Crippen molar-refractivity contribution in [3.05, 3.63) is 81.3 Å². The Bertz CT molecular complexity index is 1330. The van der Waals surface area contributed by atoms with Gasteiger partial charge in [-0.2, -0.15) is 0 Å².